The Kier molecular flexibility index (Phi) is 5.48. The van der Waals surface area contributed by atoms with E-state index in [-0.39, 0.29) is 5.97 Å². The highest BCUT2D eigenvalue weighted by molar-refractivity contribution is 5.87. The Hall–Kier alpha value is -3.67. The molecule has 6 heteroatoms. The predicted molar refractivity (Wildman–Crippen MR) is 117 cm³/mol. The van der Waals surface area contributed by atoms with Crippen LogP contribution in [0, 0.1) is 0 Å². The molecule has 0 spiro atoms. The molecule has 1 aliphatic carbocycles. The number of benzene rings is 2. The summed E-state index contributed by atoms with van der Waals surface area (Å²) in [6, 6.07) is 14.0. The largest absolute Gasteiger partial charge is 0.463 e. The van der Waals surface area contributed by atoms with Crippen molar-refractivity contribution in [3.63, 3.8) is 0 Å². The highest BCUT2D eigenvalue weighted by Crippen LogP contribution is 2.38. The first kappa shape index (κ1) is 19.6. The maximum absolute atomic E-state index is 11.7. The van der Waals surface area contributed by atoms with E-state index in [0.29, 0.717) is 12.3 Å². The summed E-state index contributed by atoms with van der Waals surface area (Å²) in [5, 5.41) is 7.78. The first-order valence-corrected chi connectivity index (χ1v) is 9.98. The van der Waals surface area contributed by atoms with Gasteiger partial charge in [0.1, 0.15) is 5.69 Å². The Morgan fingerprint density at radius 2 is 2.00 bits per heavy atom. The predicted octanol–water partition coefficient (Wildman–Crippen LogP) is 4.07. The van der Waals surface area contributed by atoms with Crippen molar-refractivity contribution in [2.45, 2.75) is 19.8 Å². The quantitative estimate of drug-likeness (QED) is 0.383. The molecule has 0 saturated carbocycles. The van der Waals surface area contributed by atoms with E-state index in [4.69, 9.17) is 4.74 Å². The lowest BCUT2D eigenvalue weighted by Gasteiger charge is -2.19. The molecule has 1 heterocycles. The molecule has 0 aliphatic heterocycles. The molecule has 0 bridgehead atoms. The number of nitrogens with zero attached hydrogens (tertiary/aromatic N) is 2. The van der Waals surface area contributed by atoms with Gasteiger partial charge in [0.15, 0.2) is 6.29 Å². The lowest BCUT2D eigenvalue weighted by atomic mass is 9.88. The highest BCUT2D eigenvalue weighted by Gasteiger charge is 2.26. The van der Waals surface area contributed by atoms with Crippen LogP contribution in [0.25, 0.3) is 23.0 Å². The van der Waals surface area contributed by atoms with Gasteiger partial charge in [-0.2, -0.15) is 5.10 Å². The van der Waals surface area contributed by atoms with Crippen molar-refractivity contribution in [3.8, 4) is 16.9 Å². The van der Waals surface area contributed by atoms with E-state index >= 15 is 0 Å². The van der Waals surface area contributed by atoms with E-state index < -0.39 is 0 Å². The molecule has 0 fully saturated rings. The minimum absolute atomic E-state index is 0.350. The molecular weight excluding hydrogens is 378 g/mol. The van der Waals surface area contributed by atoms with Crippen LogP contribution in [-0.4, -0.2) is 35.7 Å². The number of hydrogen-bond acceptors (Lipinski definition) is 5. The van der Waals surface area contributed by atoms with Crippen molar-refractivity contribution in [1.82, 2.24) is 9.78 Å². The zero-order chi connectivity index (χ0) is 21.1. The average molecular weight is 401 g/mol. The second-order valence-electron chi connectivity index (χ2n) is 7.04. The third-order valence-electron chi connectivity index (χ3n) is 5.26. The van der Waals surface area contributed by atoms with E-state index in [0.717, 1.165) is 52.9 Å². The van der Waals surface area contributed by atoms with Crippen molar-refractivity contribution in [3.05, 3.63) is 70.9 Å². The lowest BCUT2D eigenvalue weighted by molar-refractivity contribution is -0.137. The molecule has 1 aromatic heterocycles. The maximum Gasteiger partial charge on any atom is 0.330 e. The Balaban J connectivity index is 1.75. The van der Waals surface area contributed by atoms with Crippen molar-refractivity contribution in [2.75, 3.05) is 19.0 Å². The molecule has 1 N–H and O–H groups in total. The summed E-state index contributed by atoms with van der Waals surface area (Å²) in [7, 11) is 1.89. The van der Waals surface area contributed by atoms with Crippen LogP contribution in [0.3, 0.4) is 0 Å². The van der Waals surface area contributed by atoms with E-state index in [1.165, 1.54) is 11.6 Å². The number of aldehydes is 1. The SMILES string of the molecule is CCOC(=O)/C=C/c1ccc(-n2nc(C=O)c3c2-c2cc(NC)ccc2CC3)cc1. The Morgan fingerprint density at radius 1 is 1.20 bits per heavy atom. The molecular formula is C24H23N3O3. The lowest BCUT2D eigenvalue weighted by Crippen LogP contribution is -2.08. The van der Waals surface area contributed by atoms with Gasteiger partial charge in [-0.1, -0.05) is 18.2 Å². The molecule has 0 radical (unpaired) electrons. The van der Waals surface area contributed by atoms with Gasteiger partial charge in [0.05, 0.1) is 18.0 Å². The Bertz CT molecular complexity index is 1130. The zero-order valence-corrected chi connectivity index (χ0v) is 17.0. The smallest absolute Gasteiger partial charge is 0.330 e. The number of esters is 1. The van der Waals surface area contributed by atoms with Crippen molar-refractivity contribution in [1.29, 1.82) is 0 Å². The van der Waals surface area contributed by atoms with Crippen LogP contribution in [0.2, 0.25) is 0 Å². The van der Waals surface area contributed by atoms with E-state index in [1.54, 1.807) is 13.0 Å². The number of fused-ring (bicyclic) bond motifs is 3. The molecule has 0 unspecified atom stereocenters. The third-order valence-corrected chi connectivity index (χ3v) is 5.26. The number of hydrogen-bond donors (Lipinski definition) is 1. The van der Waals surface area contributed by atoms with E-state index in [9.17, 15) is 9.59 Å². The number of carbonyl (C=O) groups is 2. The van der Waals surface area contributed by atoms with E-state index in [2.05, 4.69) is 28.6 Å². The molecule has 6 nitrogen and oxygen atoms in total. The van der Waals surface area contributed by atoms with Gasteiger partial charge in [0.2, 0.25) is 0 Å². The molecule has 1 aliphatic rings. The third kappa shape index (κ3) is 3.64. The van der Waals surface area contributed by atoms with Crippen LogP contribution in [0.15, 0.2) is 48.5 Å². The minimum atomic E-state index is -0.365. The second-order valence-corrected chi connectivity index (χ2v) is 7.04. The van der Waals surface area contributed by atoms with Crippen LogP contribution in [-0.2, 0) is 22.4 Å². The van der Waals surface area contributed by atoms with Crippen LogP contribution < -0.4 is 5.32 Å². The molecule has 0 saturated heterocycles. The number of nitrogens with one attached hydrogen (secondary N) is 1. The fourth-order valence-electron chi connectivity index (χ4n) is 3.78. The molecule has 152 valence electrons. The molecule has 30 heavy (non-hydrogen) atoms. The number of aromatic nitrogens is 2. The summed E-state index contributed by atoms with van der Waals surface area (Å²) in [6.45, 7) is 2.12. The first-order chi connectivity index (χ1) is 14.6. The monoisotopic (exact) mass is 401 g/mol. The second kappa shape index (κ2) is 8.37. The van der Waals surface area contributed by atoms with Gasteiger partial charge in [-0.05, 0) is 61.2 Å². The van der Waals surface area contributed by atoms with Crippen LogP contribution in [0.4, 0.5) is 5.69 Å². The molecule has 4 rings (SSSR count). The van der Waals surface area contributed by atoms with Crippen LogP contribution >= 0.6 is 0 Å². The summed E-state index contributed by atoms with van der Waals surface area (Å²) >= 11 is 0. The van der Waals surface area contributed by atoms with Gasteiger partial charge in [0, 0.05) is 29.9 Å². The van der Waals surface area contributed by atoms with Crippen LogP contribution in [0.1, 0.15) is 34.1 Å². The van der Waals surface area contributed by atoms with Gasteiger partial charge in [-0.15, -0.1) is 0 Å². The zero-order valence-electron chi connectivity index (χ0n) is 17.0. The first-order valence-electron chi connectivity index (χ1n) is 9.98. The number of carbonyl (C=O) groups excluding carboxylic acids is 2. The number of ether oxygens (including phenoxy) is 1. The Labute approximate surface area is 175 Å². The summed E-state index contributed by atoms with van der Waals surface area (Å²) in [4.78, 5) is 23.2. The van der Waals surface area contributed by atoms with Crippen molar-refractivity contribution < 1.29 is 14.3 Å². The maximum atomic E-state index is 11.7. The fraction of sp³-hybridized carbons (Fsp3) is 0.208. The summed E-state index contributed by atoms with van der Waals surface area (Å²) in [5.41, 5.74) is 7.52. The highest BCUT2D eigenvalue weighted by atomic mass is 16.5. The summed E-state index contributed by atoms with van der Waals surface area (Å²) < 4.78 is 6.75. The summed E-state index contributed by atoms with van der Waals surface area (Å²) in [5.74, 6) is -0.365. The average Bonchev–Trinajstić information content (AvgIpc) is 3.17. The standard InChI is InChI=1S/C24H23N3O3/c1-3-30-23(29)13-6-16-4-10-19(11-5-16)27-24-20(22(15-28)26-27)12-8-17-7-9-18(25-2)14-21(17)24/h4-7,9-11,13-15,25H,3,8,12H2,1-2H3/b13-6+. The van der Waals surface area contributed by atoms with Crippen LogP contribution in [0.5, 0.6) is 0 Å². The number of rotatable bonds is 6. The minimum Gasteiger partial charge on any atom is -0.463 e. The molecule has 0 amide bonds. The van der Waals surface area contributed by atoms with E-state index in [1.807, 2.05) is 36.0 Å². The van der Waals surface area contributed by atoms with Crippen molar-refractivity contribution in [2.24, 2.45) is 0 Å². The van der Waals surface area contributed by atoms with Crippen molar-refractivity contribution >= 4 is 24.0 Å². The molecule has 0 atom stereocenters. The van der Waals surface area contributed by atoms with Gasteiger partial charge in [-0.25, -0.2) is 9.48 Å². The number of anilines is 1. The number of aryl methyl sites for hydroxylation is 1. The van der Waals surface area contributed by atoms with Gasteiger partial charge < -0.3 is 10.1 Å². The summed E-state index contributed by atoms with van der Waals surface area (Å²) in [6.07, 6.45) is 5.63. The molecule has 3 aromatic rings. The normalized spacial score (nSPS) is 12.3. The van der Waals surface area contributed by atoms with Gasteiger partial charge >= 0.3 is 5.97 Å². The molecule has 2 aromatic carbocycles. The Morgan fingerprint density at radius 3 is 2.70 bits per heavy atom. The topological polar surface area (TPSA) is 73.2 Å². The fourth-order valence-corrected chi connectivity index (χ4v) is 3.78. The van der Waals surface area contributed by atoms with Gasteiger partial charge in [-0.3, -0.25) is 4.79 Å². The van der Waals surface area contributed by atoms with Gasteiger partial charge in [0.25, 0.3) is 0 Å².